The maximum Gasteiger partial charge on any atom is 0.199 e. The van der Waals surface area contributed by atoms with Crippen molar-refractivity contribution in [1.82, 2.24) is 19.2 Å². The summed E-state index contributed by atoms with van der Waals surface area (Å²) in [6, 6.07) is 7.96. The Morgan fingerprint density at radius 1 is 1.32 bits per heavy atom. The van der Waals surface area contributed by atoms with E-state index in [1.165, 1.54) is 18.4 Å². The van der Waals surface area contributed by atoms with Crippen LogP contribution in [-0.4, -0.2) is 26.3 Å². The van der Waals surface area contributed by atoms with Gasteiger partial charge >= 0.3 is 0 Å². The van der Waals surface area contributed by atoms with Crippen LogP contribution in [0.1, 0.15) is 37.1 Å². The fourth-order valence-corrected chi connectivity index (χ4v) is 3.12. The van der Waals surface area contributed by atoms with Gasteiger partial charge in [0.2, 0.25) is 0 Å². The summed E-state index contributed by atoms with van der Waals surface area (Å²) in [7, 11) is 2.08. The molecule has 0 bridgehead atoms. The molecule has 1 aliphatic carbocycles. The number of hydrogen-bond acceptors (Lipinski definition) is 3. The summed E-state index contributed by atoms with van der Waals surface area (Å²) >= 11 is 11.5. The third-order valence-corrected chi connectivity index (χ3v) is 4.63. The fourth-order valence-electron chi connectivity index (χ4n) is 2.67. The molecule has 0 N–H and O–H groups in total. The first kappa shape index (κ1) is 15.7. The van der Waals surface area contributed by atoms with Gasteiger partial charge in [0.05, 0.1) is 6.67 Å². The lowest BCUT2D eigenvalue weighted by molar-refractivity contribution is 0.243. The predicted molar refractivity (Wildman–Crippen MR) is 91.6 cm³/mol. The number of benzene rings is 1. The zero-order valence-corrected chi connectivity index (χ0v) is 14.6. The number of hydrogen-bond donors (Lipinski definition) is 0. The molecule has 1 saturated carbocycles. The van der Waals surface area contributed by atoms with E-state index in [1.807, 2.05) is 16.8 Å². The molecule has 4 nitrogen and oxygen atoms in total. The van der Waals surface area contributed by atoms with E-state index < -0.39 is 0 Å². The molecule has 0 radical (unpaired) electrons. The van der Waals surface area contributed by atoms with Gasteiger partial charge < -0.3 is 4.57 Å². The smallest absolute Gasteiger partial charge is 0.199 e. The van der Waals surface area contributed by atoms with Gasteiger partial charge in [0.15, 0.2) is 4.77 Å². The van der Waals surface area contributed by atoms with Crippen molar-refractivity contribution in [3.63, 3.8) is 0 Å². The Balaban J connectivity index is 1.72. The van der Waals surface area contributed by atoms with Crippen LogP contribution in [0, 0.1) is 4.77 Å². The van der Waals surface area contributed by atoms with Crippen molar-refractivity contribution in [3.05, 3.63) is 45.4 Å². The van der Waals surface area contributed by atoms with E-state index in [2.05, 4.69) is 35.6 Å². The van der Waals surface area contributed by atoms with Gasteiger partial charge in [0.25, 0.3) is 0 Å². The van der Waals surface area contributed by atoms with Gasteiger partial charge in [-0.05, 0) is 56.7 Å². The number of rotatable bonds is 6. The van der Waals surface area contributed by atoms with Gasteiger partial charge in [0.1, 0.15) is 5.82 Å². The average Bonchev–Trinajstić information content (AvgIpc) is 3.28. The molecule has 0 unspecified atom stereocenters. The molecule has 1 heterocycles. The Morgan fingerprint density at radius 2 is 2.00 bits per heavy atom. The van der Waals surface area contributed by atoms with E-state index in [9.17, 15) is 0 Å². The van der Waals surface area contributed by atoms with Crippen LogP contribution in [0.3, 0.4) is 0 Å². The standard InChI is InChI=1S/C16H21ClN4S/c1-3-20-15(13-6-7-13)18-21(16(20)22)11-19(2)10-12-4-8-14(17)9-5-12/h4-5,8-9,13H,3,6-7,10-11H2,1-2H3. The highest BCUT2D eigenvalue weighted by molar-refractivity contribution is 7.71. The van der Waals surface area contributed by atoms with Crippen molar-refractivity contribution in [2.75, 3.05) is 7.05 Å². The van der Waals surface area contributed by atoms with E-state index in [0.717, 1.165) is 28.7 Å². The molecule has 118 valence electrons. The monoisotopic (exact) mass is 336 g/mol. The molecule has 22 heavy (non-hydrogen) atoms. The van der Waals surface area contributed by atoms with Gasteiger partial charge in [-0.15, -0.1) is 0 Å². The maximum atomic E-state index is 5.93. The fraction of sp³-hybridized carbons (Fsp3) is 0.500. The second kappa shape index (κ2) is 6.52. The molecule has 1 aromatic carbocycles. The van der Waals surface area contributed by atoms with E-state index in [-0.39, 0.29) is 0 Å². The summed E-state index contributed by atoms with van der Waals surface area (Å²) in [5, 5.41) is 5.52. The number of halogens is 1. The molecule has 1 fully saturated rings. The Labute approximate surface area is 141 Å². The van der Waals surface area contributed by atoms with Crippen LogP contribution in [0.15, 0.2) is 24.3 Å². The summed E-state index contributed by atoms with van der Waals surface area (Å²) in [5.74, 6) is 1.77. The van der Waals surface area contributed by atoms with Gasteiger partial charge in [-0.1, -0.05) is 23.7 Å². The predicted octanol–water partition coefficient (Wildman–Crippen LogP) is 4.05. The van der Waals surface area contributed by atoms with Crippen molar-refractivity contribution in [1.29, 1.82) is 0 Å². The number of aromatic nitrogens is 3. The van der Waals surface area contributed by atoms with Crippen molar-refractivity contribution in [3.8, 4) is 0 Å². The third kappa shape index (κ3) is 3.42. The zero-order chi connectivity index (χ0) is 15.7. The topological polar surface area (TPSA) is 26.0 Å². The molecule has 3 rings (SSSR count). The second-order valence-electron chi connectivity index (χ2n) is 5.94. The molecule has 2 aromatic rings. The van der Waals surface area contributed by atoms with Crippen LogP contribution >= 0.6 is 23.8 Å². The minimum atomic E-state index is 0.615. The Kier molecular flexibility index (Phi) is 4.66. The number of nitrogens with zero attached hydrogens (tertiary/aromatic N) is 4. The van der Waals surface area contributed by atoms with Gasteiger partial charge in [0, 0.05) is 24.0 Å². The van der Waals surface area contributed by atoms with Crippen molar-refractivity contribution in [2.45, 2.75) is 45.4 Å². The highest BCUT2D eigenvalue weighted by Crippen LogP contribution is 2.39. The molecule has 0 spiro atoms. The van der Waals surface area contributed by atoms with E-state index in [0.29, 0.717) is 12.6 Å². The lowest BCUT2D eigenvalue weighted by Crippen LogP contribution is -2.22. The first-order valence-electron chi connectivity index (χ1n) is 7.69. The second-order valence-corrected chi connectivity index (χ2v) is 6.74. The van der Waals surface area contributed by atoms with Crippen LogP contribution in [0.2, 0.25) is 5.02 Å². The van der Waals surface area contributed by atoms with Crippen LogP contribution in [0.5, 0.6) is 0 Å². The Hall–Kier alpha value is -1.17. The Morgan fingerprint density at radius 3 is 2.59 bits per heavy atom. The van der Waals surface area contributed by atoms with Crippen LogP contribution < -0.4 is 0 Å². The molecule has 0 atom stereocenters. The van der Waals surface area contributed by atoms with E-state index in [4.69, 9.17) is 28.9 Å². The van der Waals surface area contributed by atoms with E-state index >= 15 is 0 Å². The van der Waals surface area contributed by atoms with Crippen molar-refractivity contribution >= 4 is 23.8 Å². The van der Waals surface area contributed by atoms with Gasteiger partial charge in [-0.3, -0.25) is 4.90 Å². The van der Waals surface area contributed by atoms with E-state index in [1.54, 1.807) is 0 Å². The highest BCUT2D eigenvalue weighted by atomic mass is 35.5. The lowest BCUT2D eigenvalue weighted by atomic mass is 10.2. The highest BCUT2D eigenvalue weighted by Gasteiger charge is 2.29. The van der Waals surface area contributed by atoms with Crippen molar-refractivity contribution in [2.24, 2.45) is 0 Å². The minimum absolute atomic E-state index is 0.615. The third-order valence-electron chi connectivity index (χ3n) is 3.95. The minimum Gasteiger partial charge on any atom is -0.304 e. The lowest BCUT2D eigenvalue weighted by Gasteiger charge is -2.16. The van der Waals surface area contributed by atoms with Gasteiger partial charge in [-0.25, -0.2) is 4.68 Å². The average molecular weight is 337 g/mol. The summed E-state index contributed by atoms with van der Waals surface area (Å²) in [6.07, 6.45) is 2.48. The van der Waals surface area contributed by atoms with Crippen LogP contribution in [0.25, 0.3) is 0 Å². The molecule has 6 heteroatoms. The Bertz CT molecular complexity index is 700. The molecule has 1 aromatic heterocycles. The SMILES string of the molecule is CCn1c(C2CC2)nn(CN(C)Cc2ccc(Cl)cc2)c1=S. The molecule has 1 aliphatic rings. The molecule has 0 saturated heterocycles. The first-order valence-corrected chi connectivity index (χ1v) is 8.47. The molecular weight excluding hydrogens is 316 g/mol. The van der Waals surface area contributed by atoms with Gasteiger partial charge in [-0.2, -0.15) is 5.10 Å². The maximum absolute atomic E-state index is 5.93. The normalized spacial score (nSPS) is 14.7. The molecule has 0 amide bonds. The van der Waals surface area contributed by atoms with Crippen LogP contribution in [-0.2, 0) is 19.8 Å². The summed E-state index contributed by atoms with van der Waals surface area (Å²) < 4.78 is 4.94. The zero-order valence-electron chi connectivity index (χ0n) is 13.0. The summed E-state index contributed by atoms with van der Waals surface area (Å²) in [4.78, 5) is 2.21. The summed E-state index contributed by atoms with van der Waals surface area (Å²) in [5.41, 5.74) is 1.23. The molecule has 0 aliphatic heterocycles. The van der Waals surface area contributed by atoms with Crippen LogP contribution in [0.4, 0.5) is 0 Å². The van der Waals surface area contributed by atoms with Crippen molar-refractivity contribution < 1.29 is 0 Å². The first-order chi connectivity index (χ1) is 10.6. The quantitative estimate of drug-likeness (QED) is 0.744. The largest absolute Gasteiger partial charge is 0.304 e. The summed E-state index contributed by atoms with van der Waals surface area (Å²) in [6.45, 7) is 4.57. The molecular formula is C16H21ClN4S.